The van der Waals surface area contributed by atoms with Gasteiger partial charge in [0.2, 0.25) is 0 Å². The van der Waals surface area contributed by atoms with E-state index >= 15 is 0 Å². The molecular weight excluding hydrogens is 102 g/mol. The van der Waals surface area contributed by atoms with E-state index in [0.29, 0.717) is 6.10 Å². The lowest BCUT2D eigenvalue weighted by atomic mass is 10.2. The summed E-state index contributed by atoms with van der Waals surface area (Å²) in [5, 5.41) is 2.83. The molecule has 0 aromatic carbocycles. The van der Waals surface area contributed by atoms with Crippen LogP contribution >= 0.6 is 0 Å². The fourth-order valence-corrected chi connectivity index (χ4v) is 0.966. The lowest BCUT2D eigenvalue weighted by Gasteiger charge is -2.05. The summed E-state index contributed by atoms with van der Waals surface area (Å²) < 4.78 is 5.29. The normalized spacial score (nSPS) is 28.9. The molecule has 0 aliphatic carbocycles. The Morgan fingerprint density at radius 3 is 3.12 bits per heavy atom. The minimum Gasteiger partial charge on any atom is -0.377 e. The van der Waals surface area contributed by atoms with Crippen LogP contribution in [0.25, 0.3) is 0 Å². The third-order valence-electron chi connectivity index (χ3n) is 1.40. The van der Waals surface area contributed by atoms with Gasteiger partial charge in [0.05, 0.1) is 6.10 Å². The molecule has 0 amide bonds. The van der Waals surface area contributed by atoms with Gasteiger partial charge in [-0.2, -0.15) is 0 Å². The highest BCUT2D eigenvalue weighted by atomic mass is 16.5. The van der Waals surface area contributed by atoms with Crippen LogP contribution in [0.4, 0.5) is 0 Å². The molecule has 1 heterocycles. The monoisotopic (exact) mass is 114 g/mol. The van der Waals surface area contributed by atoms with E-state index in [1.807, 2.05) is 0 Å². The van der Waals surface area contributed by atoms with Crippen LogP contribution in [-0.2, 0) is 4.74 Å². The van der Waals surface area contributed by atoms with Crippen molar-refractivity contribution in [1.82, 2.24) is 5.32 Å². The third kappa shape index (κ3) is 1.46. The first kappa shape index (κ1) is 6.05. The lowest BCUT2D eigenvalue weighted by Crippen LogP contribution is -2.20. The van der Waals surface area contributed by atoms with Crippen LogP contribution in [0.2, 0.25) is 0 Å². The zero-order valence-corrected chi connectivity index (χ0v) is 5.02. The highest BCUT2D eigenvalue weighted by Gasteiger charge is 2.12. The summed E-state index contributed by atoms with van der Waals surface area (Å²) in [5.41, 5.74) is 0. The van der Waals surface area contributed by atoms with E-state index in [1.165, 1.54) is 12.8 Å². The minimum atomic E-state index is 0.437. The van der Waals surface area contributed by atoms with Gasteiger partial charge < -0.3 is 10.1 Å². The summed E-state index contributed by atoms with van der Waals surface area (Å²) in [6, 6.07) is 0. The van der Waals surface area contributed by atoms with Gasteiger partial charge in [0.1, 0.15) is 0 Å². The Labute approximate surface area is 50.2 Å². The van der Waals surface area contributed by atoms with Crippen LogP contribution in [0.1, 0.15) is 12.8 Å². The first-order chi connectivity index (χ1) is 3.93. The fourth-order valence-electron chi connectivity index (χ4n) is 0.966. The van der Waals surface area contributed by atoms with Gasteiger partial charge in [0, 0.05) is 20.2 Å². The number of nitrogens with one attached hydrogen (secondary N) is 1. The molecule has 0 spiro atoms. The van der Waals surface area contributed by atoms with Gasteiger partial charge in [-0.15, -0.1) is 0 Å². The first-order valence-electron chi connectivity index (χ1n) is 3.05. The summed E-state index contributed by atoms with van der Waals surface area (Å²) in [6.07, 6.45) is 2.85. The predicted octanol–water partition coefficient (Wildman–Crippen LogP) is 0.547. The van der Waals surface area contributed by atoms with Crippen LogP contribution in [0.3, 0.4) is 0 Å². The molecule has 0 bridgehead atoms. The molecule has 0 aromatic rings. The summed E-state index contributed by atoms with van der Waals surface area (Å²) in [4.78, 5) is 0. The molecule has 8 heavy (non-hydrogen) atoms. The summed E-state index contributed by atoms with van der Waals surface area (Å²) >= 11 is 0. The molecule has 0 saturated carbocycles. The van der Waals surface area contributed by atoms with E-state index < -0.39 is 0 Å². The second kappa shape index (κ2) is 3.05. The fraction of sp³-hybridized carbons (Fsp3) is 0.833. The molecule has 1 N–H and O–H groups in total. The van der Waals surface area contributed by atoms with Crippen molar-refractivity contribution in [2.45, 2.75) is 18.9 Å². The molecule has 1 rings (SSSR count). The van der Waals surface area contributed by atoms with Crippen LogP contribution in [0.5, 0.6) is 0 Å². The first-order valence-corrected chi connectivity index (χ1v) is 3.05. The molecular formula is C6H12NO. The van der Waals surface area contributed by atoms with Crippen molar-refractivity contribution in [3.8, 4) is 0 Å². The maximum atomic E-state index is 5.29. The van der Waals surface area contributed by atoms with E-state index in [4.69, 9.17) is 4.74 Å². The molecule has 1 aliphatic heterocycles. The summed E-state index contributed by atoms with van der Waals surface area (Å²) in [5.74, 6) is 0. The van der Waals surface area contributed by atoms with Crippen molar-refractivity contribution in [2.75, 3.05) is 13.2 Å². The van der Waals surface area contributed by atoms with Crippen molar-refractivity contribution in [3.05, 3.63) is 7.05 Å². The Bertz CT molecular complexity index is 59.5. The molecule has 0 aromatic heterocycles. The van der Waals surface area contributed by atoms with Crippen LogP contribution in [0, 0.1) is 7.05 Å². The predicted molar refractivity (Wildman–Crippen MR) is 32.3 cm³/mol. The van der Waals surface area contributed by atoms with Crippen molar-refractivity contribution in [1.29, 1.82) is 0 Å². The van der Waals surface area contributed by atoms with Gasteiger partial charge in [-0.1, -0.05) is 0 Å². The smallest absolute Gasteiger partial charge is 0.0700 e. The largest absolute Gasteiger partial charge is 0.377 e. The molecule has 1 unspecified atom stereocenters. The van der Waals surface area contributed by atoms with Gasteiger partial charge in [-0.3, -0.25) is 0 Å². The molecule has 47 valence electrons. The van der Waals surface area contributed by atoms with E-state index in [-0.39, 0.29) is 0 Å². The van der Waals surface area contributed by atoms with Crippen LogP contribution in [-0.4, -0.2) is 19.3 Å². The Balaban J connectivity index is 2.06. The number of hydrogen-bond acceptors (Lipinski definition) is 2. The number of ether oxygens (including phenoxy) is 1. The number of hydrogen-bond donors (Lipinski definition) is 1. The zero-order valence-electron chi connectivity index (χ0n) is 5.02. The van der Waals surface area contributed by atoms with E-state index in [0.717, 1.165) is 13.2 Å². The zero-order chi connectivity index (χ0) is 5.82. The van der Waals surface area contributed by atoms with Crippen molar-refractivity contribution >= 4 is 0 Å². The molecule has 1 aliphatic rings. The number of rotatable bonds is 2. The van der Waals surface area contributed by atoms with Gasteiger partial charge in [0.15, 0.2) is 0 Å². The third-order valence-corrected chi connectivity index (χ3v) is 1.40. The molecule has 1 saturated heterocycles. The molecule has 1 atom stereocenters. The molecule has 2 heteroatoms. The summed E-state index contributed by atoms with van der Waals surface area (Å²) in [6.45, 7) is 1.84. The highest BCUT2D eigenvalue weighted by Crippen LogP contribution is 2.09. The Hall–Kier alpha value is -0.0800. The standard InChI is InChI=1S/C6H12NO/c1-7-5-6-3-2-4-8-6/h6-7H,1-5H2. The molecule has 1 fully saturated rings. The Morgan fingerprint density at radius 2 is 2.62 bits per heavy atom. The van der Waals surface area contributed by atoms with Crippen molar-refractivity contribution < 1.29 is 4.74 Å². The minimum absolute atomic E-state index is 0.437. The maximum absolute atomic E-state index is 5.29. The van der Waals surface area contributed by atoms with E-state index in [1.54, 1.807) is 0 Å². The summed E-state index contributed by atoms with van der Waals surface area (Å²) in [7, 11) is 3.52. The van der Waals surface area contributed by atoms with E-state index in [2.05, 4.69) is 12.4 Å². The second-order valence-electron chi connectivity index (χ2n) is 2.09. The average molecular weight is 114 g/mol. The van der Waals surface area contributed by atoms with E-state index in [9.17, 15) is 0 Å². The molecule has 2 nitrogen and oxygen atoms in total. The lowest BCUT2D eigenvalue weighted by molar-refractivity contribution is 0.113. The van der Waals surface area contributed by atoms with Gasteiger partial charge in [-0.25, -0.2) is 0 Å². The topological polar surface area (TPSA) is 21.3 Å². The maximum Gasteiger partial charge on any atom is 0.0700 e. The van der Waals surface area contributed by atoms with Crippen LogP contribution in [0.15, 0.2) is 0 Å². The SMILES string of the molecule is [CH2]NCC1CCCO1. The molecule has 1 radical (unpaired) electrons. The van der Waals surface area contributed by atoms with Gasteiger partial charge >= 0.3 is 0 Å². The van der Waals surface area contributed by atoms with Gasteiger partial charge in [0.25, 0.3) is 0 Å². The van der Waals surface area contributed by atoms with Crippen LogP contribution < -0.4 is 5.32 Å². The Morgan fingerprint density at radius 1 is 1.75 bits per heavy atom. The highest BCUT2D eigenvalue weighted by molar-refractivity contribution is 4.66. The van der Waals surface area contributed by atoms with Gasteiger partial charge in [-0.05, 0) is 12.8 Å². The average Bonchev–Trinajstić information content (AvgIpc) is 2.19. The van der Waals surface area contributed by atoms with Crippen molar-refractivity contribution in [3.63, 3.8) is 0 Å². The quantitative estimate of drug-likeness (QED) is 0.566. The van der Waals surface area contributed by atoms with Crippen molar-refractivity contribution in [2.24, 2.45) is 0 Å². The second-order valence-corrected chi connectivity index (χ2v) is 2.09. The Kier molecular flexibility index (Phi) is 2.30.